The maximum absolute atomic E-state index is 14.6. The summed E-state index contributed by atoms with van der Waals surface area (Å²) in [5.41, 5.74) is 19.3. The molecule has 6 aromatic rings. The maximum atomic E-state index is 14.6. The summed E-state index contributed by atoms with van der Waals surface area (Å²) in [6.07, 6.45) is 5.28. The highest BCUT2D eigenvalue weighted by atomic mass is 16.3. The summed E-state index contributed by atoms with van der Waals surface area (Å²) >= 11 is 0. The molecule has 258 valence electrons. The maximum Gasteiger partial charge on any atom is 0.216 e. The van der Waals surface area contributed by atoms with Crippen LogP contribution in [0.3, 0.4) is 0 Å². The number of carbonyl (C=O) groups excluding carboxylic acids is 1. The van der Waals surface area contributed by atoms with Gasteiger partial charge in [0.2, 0.25) is 5.69 Å². The first-order valence-electron chi connectivity index (χ1n) is 19.6. The Bertz CT molecular complexity index is 3030. The molecule has 6 aromatic carbocycles. The minimum atomic E-state index is -0.300. The molecule has 0 aromatic heterocycles. The molecular weight excluding hydrogens is 661 g/mol. The highest BCUT2D eigenvalue weighted by Crippen LogP contribution is 2.60. The van der Waals surface area contributed by atoms with Gasteiger partial charge in [-0.05, 0) is 132 Å². The lowest BCUT2D eigenvalue weighted by Gasteiger charge is -2.40. The number of Topliss-reactive ketones (excluding diaryl/α,β-unsaturated/α-hetero) is 1. The molecule has 2 atom stereocenters. The average Bonchev–Trinajstić information content (AvgIpc) is 3.90. The number of anilines is 1. The minimum absolute atomic E-state index is 0.0697. The average molecular weight is 697 g/mol. The van der Waals surface area contributed by atoms with E-state index in [2.05, 4.69) is 121 Å². The van der Waals surface area contributed by atoms with Crippen molar-refractivity contribution in [3.8, 4) is 44.5 Å². The van der Waals surface area contributed by atoms with E-state index in [1.54, 1.807) is 0 Å². The SMILES string of the molecule is CC12CCCC(C3=C([O-])/C(=C4/CCCC5(C)C4=[NH+]c4c5cc5c6c(cccc46)-c4ccccc4-5)C3=O)=C1Nc1c2cc2c3c(cccc13)-c1ccccc1-2. The first kappa shape index (κ1) is 29.5. The van der Waals surface area contributed by atoms with Crippen molar-refractivity contribution in [1.29, 1.82) is 0 Å². The van der Waals surface area contributed by atoms with Crippen LogP contribution < -0.4 is 15.4 Å². The highest BCUT2D eigenvalue weighted by Gasteiger charge is 2.53. The standard InChI is InChI=1S/C50H36N2O2/c1-49-21-9-19-33(47(49)51-43-31-17-7-15-29-25-11-3-5-13-27(25)35(39(29)31)23-37(43)49)41-45(53)42(46(41)54)34-20-10-22-50(2)38-24-36-28-14-6-4-12-26(28)30-16-8-18-32(40(30)36)44(38)52-48(34)50/h3-8,11-18,23-24,51,53H,9-10,19-22H2,1-2H3/b42-34+. The van der Waals surface area contributed by atoms with Gasteiger partial charge in [0.25, 0.3) is 0 Å². The van der Waals surface area contributed by atoms with E-state index in [1.165, 1.54) is 77.2 Å². The lowest BCUT2D eigenvalue weighted by atomic mass is 9.64. The zero-order chi connectivity index (χ0) is 35.8. The van der Waals surface area contributed by atoms with E-state index < -0.39 is 0 Å². The summed E-state index contributed by atoms with van der Waals surface area (Å²) in [4.78, 5) is 18.5. The molecule has 2 unspecified atom stereocenters. The minimum Gasteiger partial charge on any atom is -0.871 e. The normalized spacial score (nSPS) is 24.9. The number of hydrogen-bond donors (Lipinski definition) is 2. The second-order valence-corrected chi connectivity index (χ2v) is 17.0. The number of nitrogens with one attached hydrogen (secondary N) is 2. The molecule has 2 heterocycles. The van der Waals surface area contributed by atoms with Gasteiger partial charge in [-0.25, -0.2) is 4.99 Å². The summed E-state index contributed by atoms with van der Waals surface area (Å²) in [6, 6.07) is 35.5. The quantitative estimate of drug-likeness (QED) is 0.168. The molecule has 1 fully saturated rings. The summed E-state index contributed by atoms with van der Waals surface area (Å²) < 4.78 is 0. The monoisotopic (exact) mass is 696 g/mol. The van der Waals surface area contributed by atoms with Gasteiger partial charge < -0.3 is 10.4 Å². The van der Waals surface area contributed by atoms with Crippen molar-refractivity contribution in [1.82, 2.24) is 0 Å². The van der Waals surface area contributed by atoms with E-state index in [1.807, 2.05) is 0 Å². The van der Waals surface area contributed by atoms with Crippen LogP contribution in [0.2, 0.25) is 0 Å². The van der Waals surface area contributed by atoms with Gasteiger partial charge in [0.05, 0.1) is 16.5 Å². The second kappa shape index (κ2) is 9.56. The van der Waals surface area contributed by atoms with Gasteiger partial charge in [-0.2, -0.15) is 0 Å². The molecule has 0 amide bonds. The number of allylic oxidation sites excluding steroid dienone is 5. The summed E-state index contributed by atoms with van der Waals surface area (Å²) in [5, 5.41) is 23.5. The number of benzene rings is 6. The number of carbonyl (C=O) groups is 1. The van der Waals surface area contributed by atoms with Gasteiger partial charge in [-0.3, -0.25) is 4.79 Å². The number of hydrogen-bond acceptors (Lipinski definition) is 3. The molecule has 7 aliphatic rings. The van der Waals surface area contributed by atoms with Crippen LogP contribution in [0, 0.1) is 0 Å². The Morgan fingerprint density at radius 2 is 1.17 bits per heavy atom. The van der Waals surface area contributed by atoms with Gasteiger partial charge in [0, 0.05) is 44.2 Å². The van der Waals surface area contributed by atoms with E-state index in [-0.39, 0.29) is 22.4 Å². The topological polar surface area (TPSA) is 66.1 Å². The zero-order valence-corrected chi connectivity index (χ0v) is 30.3. The molecular formula is C50H36N2O2. The zero-order valence-electron chi connectivity index (χ0n) is 30.3. The summed E-state index contributed by atoms with van der Waals surface area (Å²) in [6.45, 7) is 4.63. The molecule has 2 N–H and O–H groups in total. The molecule has 13 rings (SSSR count). The lowest BCUT2D eigenvalue weighted by molar-refractivity contribution is -0.349. The van der Waals surface area contributed by atoms with E-state index in [0.717, 1.165) is 72.5 Å². The van der Waals surface area contributed by atoms with Gasteiger partial charge >= 0.3 is 0 Å². The molecule has 0 bridgehead atoms. The highest BCUT2D eigenvalue weighted by molar-refractivity contribution is 6.27. The van der Waals surface area contributed by atoms with Crippen LogP contribution in [0.1, 0.15) is 63.5 Å². The van der Waals surface area contributed by atoms with Gasteiger partial charge in [-0.15, -0.1) is 0 Å². The fourth-order valence-corrected chi connectivity index (χ4v) is 11.9. The van der Waals surface area contributed by atoms with Crippen molar-refractivity contribution < 1.29 is 14.9 Å². The molecule has 5 aliphatic carbocycles. The van der Waals surface area contributed by atoms with E-state index >= 15 is 0 Å². The Hall–Kier alpha value is -6.00. The van der Waals surface area contributed by atoms with Gasteiger partial charge in [0.15, 0.2) is 11.5 Å². The Morgan fingerprint density at radius 3 is 1.83 bits per heavy atom. The fourth-order valence-electron chi connectivity index (χ4n) is 11.9. The Balaban J connectivity index is 0.958. The smallest absolute Gasteiger partial charge is 0.216 e. The predicted molar refractivity (Wildman–Crippen MR) is 214 cm³/mol. The van der Waals surface area contributed by atoms with Crippen molar-refractivity contribution in [2.45, 2.75) is 63.2 Å². The molecule has 54 heavy (non-hydrogen) atoms. The molecule has 4 nitrogen and oxygen atoms in total. The predicted octanol–water partition coefficient (Wildman–Crippen LogP) is 9.21. The number of fused-ring (bicyclic) bond motifs is 14. The first-order chi connectivity index (χ1) is 26.4. The molecule has 0 spiro atoms. The summed E-state index contributed by atoms with van der Waals surface area (Å²) in [5.74, 6) is -0.139. The van der Waals surface area contributed by atoms with Crippen molar-refractivity contribution in [2.24, 2.45) is 0 Å². The molecule has 4 heteroatoms. The Kier molecular flexibility index (Phi) is 5.21. The summed E-state index contributed by atoms with van der Waals surface area (Å²) in [7, 11) is 0. The molecule has 0 saturated heterocycles. The Labute approximate surface area is 313 Å². The van der Waals surface area contributed by atoms with Crippen LogP contribution >= 0.6 is 0 Å². The molecule has 1 saturated carbocycles. The van der Waals surface area contributed by atoms with Crippen molar-refractivity contribution in [2.75, 3.05) is 5.32 Å². The van der Waals surface area contributed by atoms with Crippen LogP contribution in [-0.2, 0) is 15.6 Å². The van der Waals surface area contributed by atoms with Crippen LogP contribution in [-0.4, -0.2) is 11.5 Å². The van der Waals surface area contributed by atoms with Gasteiger partial charge in [0.1, 0.15) is 0 Å². The van der Waals surface area contributed by atoms with Crippen molar-refractivity contribution in [3.05, 3.63) is 142 Å². The second-order valence-electron chi connectivity index (χ2n) is 17.0. The molecule has 2 aliphatic heterocycles. The van der Waals surface area contributed by atoms with Crippen molar-refractivity contribution in [3.63, 3.8) is 0 Å². The van der Waals surface area contributed by atoms with E-state index in [9.17, 15) is 9.90 Å². The van der Waals surface area contributed by atoms with Crippen LogP contribution in [0.25, 0.3) is 66.1 Å². The third-order valence-corrected chi connectivity index (χ3v) is 14.5. The third kappa shape index (κ3) is 3.22. The number of rotatable bonds is 1. The third-order valence-electron chi connectivity index (χ3n) is 14.5. The molecule has 0 radical (unpaired) electrons. The van der Waals surface area contributed by atoms with Gasteiger partial charge in [-0.1, -0.05) is 84.6 Å². The van der Waals surface area contributed by atoms with E-state index in [0.29, 0.717) is 11.1 Å². The number of ketones is 1. The van der Waals surface area contributed by atoms with Crippen molar-refractivity contribution >= 4 is 44.4 Å². The lowest BCUT2D eigenvalue weighted by Crippen LogP contribution is -2.67. The van der Waals surface area contributed by atoms with Crippen LogP contribution in [0.5, 0.6) is 0 Å². The van der Waals surface area contributed by atoms with Crippen LogP contribution in [0.4, 0.5) is 11.4 Å². The first-order valence-corrected chi connectivity index (χ1v) is 19.6. The Morgan fingerprint density at radius 1 is 0.611 bits per heavy atom. The largest absolute Gasteiger partial charge is 0.871 e. The van der Waals surface area contributed by atoms with E-state index in [4.69, 9.17) is 0 Å². The fraction of sp³-hybridized carbons (Fsp3) is 0.200. The van der Waals surface area contributed by atoms with Crippen LogP contribution in [0.15, 0.2) is 131 Å².